The minimum atomic E-state index is -4.71. The summed E-state index contributed by atoms with van der Waals surface area (Å²) in [5, 5.41) is 14.2. The Kier molecular flexibility index (Phi) is 3.50. The predicted molar refractivity (Wildman–Crippen MR) is 73.7 cm³/mol. The van der Waals surface area contributed by atoms with E-state index in [1.165, 1.54) is 24.3 Å². The van der Waals surface area contributed by atoms with E-state index in [-0.39, 0.29) is 12.4 Å². The number of nitrogens with zero attached hydrogens (tertiary/aromatic N) is 2. The van der Waals surface area contributed by atoms with Crippen LogP contribution < -0.4 is 4.74 Å². The second kappa shape index (κ2) is 5.34. The van der Waals surface area contributed by atoms with E-state index in [1.807, 2.05) is 0 Å². The largest absolute Gasteiger partial charge is 0.573 e. The van der Waals surface area contributed by atoms with Gasteiger partial charge in [-0.1, -0.05) is 6.07 Å². The molecule has 114 valence electrons. The van der Waals surface area contributed by atoms with E-state index in [1.54, 1.807) is 29.1 Å². The van der Waals surface area contributed by atoms with Crippen LogP contribution in [0, 0.1) is 0 Å². The molecule has 0 aliphatic carbocycles. The van der Waals surface area contributed by atoms with Gasteiger partial charge in [-0.3, -0.25) is 0 Å². The van der Waals surface area contributed by atoms with E-state index in [0.717, 1.165) is 16.5 Å². The highest BCUT2D eigenvalue weighted by Gasteiger charge is 2.30. The van der Waals surface area contributed by atoms with Gasteiger partial charge in [-0.05, 0) is 42.0 Å². The second-order valence-corrected chi connectivity index (χ2v) is 4.65. The molecule has 0 saturated carbocycles. The number of fused-ring (bicyclic) bond motifs is 1. The normalized spacial score (nSPS) is 11.8. The first-order valence-electron chi connectivity index (χ1n) is 6.40. The third-order valence-electron chi connectivity index (χ3n) is 3.13. The van der Waals surface area contributed by atoms with Gasteiger partial charge in [-0.2, -0.15) is 5.10 Å². The van der Waals surface area contributed by atoms with Crippen LogP contribution in [0.2, 0.25) is 0 Å². The molecule has 7 heteroatoms. The lowest BCUT2D eigenvalue weighted by Crippen LogP contribution is -2.17. The van der Waals surface area contributed by atoms with E-state index in [0.29, 0.717) is 5.69 Å². The number of rotatable bonds is 3. The van der Waals surface area contributed by atoms with E-state index >= 15 is 0 Å². The van der Waals surface area contributed by atoms with Crippen molar-refractivity contribution in [3.8, 4) is 11.4 Å². The summed E-state index contributed by atoms with van der Waals surface area (Å²) in [6.07, 6.45) is -3.07. The quantitative estimate of drug-likeness (QED) is 0.806. The van der Waals surface area contributed by atoms with Gasteiger partial charge < -0.3 is 9.84 Å². The molecule has 0 saturated heterocycles. The topological polar surface area (TPSA) is 47.3 Å². The van der Waals surface area contributed by atoms with Crippen LogP contribution in [0.3, 0.4) is 0 Å². The lowest BCUT2D eigenvalue weighted by atomic mass is 10.2. The zero-order valence-corrected chi connectivity index (χ0v) is 11.2. The summed E-state index contributed by atoms with van der Waals surface area (Å²) >= 11 is 0. The Hall–Kier alpha value is -2.54. The highest BCUT2D eigenvalue weighted by atomic mass is 19.4. The van der Waals surface area contributed by atoms with Gasteiger partial charge in [0, 0.05) is 5.39 Å². The monoisotopic (exact) mass is 308 g/mol. The molecule has 3 aromatic rings. The molecule has 0 aliphatic heterocycles. The van der Waals surface area contributed by atoms with Gasteiger partial charge in [0.2, 0.25) is 0 Å². The lowest BCUT2D eigenvalue weighted by Gasteiger charge is -2.09. The van der Waals surface area contributed by atoms with Gasteiger partial charge in [0.15, 0.2) is 0 Å². The zero-order chi connectivity index (χ0) is 15.7. The maximum absolute atomic E-state index is 12.1. The minimum absolute atomic E-state index is 0.0649. The molecule has 0 amide bonds. The number of alkyl halides is 3. The Balaban J connectivity index is 1.94. The van der Waals surface area contributed by atoms with Crippen LogP contribution in [-0.2, 0) is 6.61 Å². The van der Waals surface area contributed by atoms with Gasteiger partial charge in [0.25, 0.3) is 0 Å². The summed E-state index contributed by atoms with van der Waals surface area (Å²) < 4.78 is 41.8. The third kappa shape index (κ3) is 2.89. The average molecular weight is 308 g/mol. The molecule has 0 fully saturated rings. The minimum Gasteiger partial charge on any atom is -0.406 e. The SMILES string of the molecule is OCc1ccc2c(cnn2-c2ccc(OC(F)(F)F)cc2)c1. The molecule has 0 aliphatic rings. The number of halogens is 3. The predicted octanol–water partition coefficient (Wildman–Crippen LogP) is 3.42. The molecule has 0 radical (unpaired) electrons. The number of aliphatic hydroxyl groups excluding tert-OH is 1. The van der Waals surface area contributed by atoms with Crippen molar-refractivity contribution in [3.63, 3.8) is 0 Å². The molecule has 1 aromatic heterocycles. The number of benzene rings is 2. The Morgan fingerprint density at radius 1 is 1.09 bits per heavy atom. The molecule has 0 spiro atoms. The van der Waals surface area contributed by atoms with Gasteiger partial charge in [0.05, 0.1) is 24.0 Å². The fraction of sp³-hybridized carbons (Fsp3) is 0.133. The first kappa shape index (κ1) is 14.4. The zero-order valence-electron chi connectivity index (χ0n) is 11.2. The summed E-state index contributed by atoms with van der Waals surface area (Å²) in [5.74, 6) is -0.282. The van der Waals surface area contributed by atoms with Crippen LogP contribution in [0.4, 0.5) is 13.2 Å². The van der Waals surface area contributed by atoms with E-state index in [2.05, 4.69) is 9.84 Å². The maximum Gasteiger partial charge on any atom is 0.573 e. The molecule has 1 N–H and O–H groups in total. The molecule has 2 aromatic carbocycles. The molecular weight excluding hydrogens is 297 g/mol. The number of hydrogen-bond donors (Lipinski definition) is 1. The lowest BCUT2D eigenvalue weighted by molar-refractivity contribution is -0.274. The van der Waals surface area contributed by atoms with Crippen molar-refractivity contribution in [2.24, 2.45) is 0 Å². The van der Waals surface area contributed by atoms with Crippen LogP contribution >= 0.6 is 0 Å². The maximum atomic E-state index is 12.1. The van der Waals surface area contributed by atoms with Gasteiger partial charge >= 0.3 is 6.36 Å². The Morgan fingerprint density at radius 2 is 1.82 bits per heavy atom. The Morgan fingerprint density at radius 3 is 2.45 bits per heavy atom. The molecular formula is C15H11F3N2O2. The number of aliphatic hydroxyl groups is 1. The highest BCUT2D eigenvalue weighted by molar-refractivity contribution is 5.81. The van der Waals surface area contributed by atoms with Crippen LogP contribution in [-0.4, -0.2) is 21.2 Å². The van der Waals surface area contributed by atoms with E-state index < -0.39 is 6.36 Å². The summed E-state index contributed by atoms with van der Waals surface area (Å²) in [7, 11) is 0. The molecule has 1 heterocycles. The number of hydrogen-bond acceptors (Lipinski definition) is 3. The first-order valence-corrected chi connectivity index (χ1v) is 6.40. The van der Waals surface area contributed by atoms with Crippen molar-refractivity contribution >= 4 is 10.9 Å². The van der Waals surface area contributed by atoms with Crippen LogP contribution in [0.25, 0.3) is 16.6 Å². The molecule has 0 bridgehead atoms. The van der Waals surface area contributed by atoms with Gasteiger partial charge in [-0.25, -0.2) is 4.68 Å². The third-order valence-corrected chi connectivity index (χ3v) is 3.13. The van der Waals surface area contributed by atoms with Crippen LogP contribution in [0.15, 0.2) is 48.7 Å². The van der Waals surface area contributed by atoms with Crippen molar-refractivity contribution in [2.45, 2.75) is 13.0 Å². The van der Waals surface area contributed by atoms with Gasteiger partial charge in [-0.15, -0.1) is 13.2 Å². The smallest absolute Gasteiger partial charge is 0.406 e. The molecule has 22 heavy (non-hydrogen) atoms. The molecule has 3 rings (SSSR count). The number of ether oxygens (including phenoxy) is 1. The van der Waals surface area contributed by atoms with Crippen molar-refractivity contribution in [1.29, 1.82) is 0 Å². The highest BCUT2D eigenvalue weighted by Crippen LogP contribution is 2.25. The molecule has 0 unspecified atom stereocenters. The Labute approximate surface area is 123 Å². The van der Waals surface area contributed by atoms with E-state index in [4.69, 9.17) is 5.11 Å². The Bertz CT molecular complexity index is 795. The second-order valence-electron chi connectivity index (χ2n) is 4.65. The average Bonchev–Trinajstić information content (AvgIpc) is 2.89. The van der Waals surface area contributed by atoms with Gasteiger partial charge in [0.1, 0.15) is 5.75 Å². The fourth-order valence-electron chi connectivity index (χ4n) is 2.18. The fourth-order valence-corrected chi connectivity index (χ4v) is 2.18. The summed E-state index contributed by atoms with van der Waals surface area (Å²) in [6.45, 7) is -0.0649. The first-order chi connectivity index (χ1) is 10.5. The summed E-state index contributed by atoms with van der Waals surface area (Å²) in [5.41, 5.74) is 2.17. The molecule has 4 nitrogen and oxygen atoms in total. The van der Waals surface area contributed by atoms with Crippen molar-refractivity contribution in [3.05, 3.63) is 54.2 Å². The number of aromatic nitrogens is 2. The standard InChI is InChI=1S/C15H11F3N2O2/c16-15(17,18)22-13-4-2-12(3-5-13)20-14-6-1-10(9-21)7-11(14)8-19-20/h1-8,21H,9H2. The van der Waals surface area contributed by atoms with Crippen molar-refractivity contribution in [2.75, 3.05) is 0 Å². The van der Waals surface area contributed by atoms with Crippen LogP contribution in [0.5, 0.6) is 5.75 Å². The van der Waals surface area contributed by atoms with Crippen LogP contribution in [0.1, 0.15) is 5.56 Å². The summed E-state index contributed by atoms with van der Waals surface area (Å²) in [6, 6.07) is 10.8. The van der Waals surface area contributed by atoms with Crippen molar-refractivity contribution in [1.82, 2.24) is 9.78 Å². The van der Waals surface area contributed by atoms with Crippen molar-refractivity contribution < 1.29 is 23.0 Å². The van der Waals surface area contributed by atoms with E-state index in [9.17, 15) is 13.2 Å². The summed E-state index contributed by atoms with van der Waals surface area (Å²) in [4.78, 5) is 0. The molecule has 0 atom stereocenters.